The van der Waals surface area contributed by atoms with Crippen LogP contribution in [0.4, 0.5) is 13.2 Å². The Hall–Kier alpha value is -1.70. The Morgan fingerprint density at radius 2 is 2.00 bits per heavy atom. The molecule has 0 aliphatic rings. The number of nitriles is 1. The highest BCUT2D eigenvalue weighted by atomic mass is 19.2. The maximum absolute atomic E-state index is 13.4. The number of hydrogen-bond acceptors (Lipinski definition) is 2. The zero-order valence-corrected chi connectivity index (χ0v) is 7.98. The van der Waals surface area contributed by atoms with Gasteiger partial charge in [-0.3, -0.25) is 0 Å². The van der Waals surface area contributed by atoms with Crippen LogP contribution >= 0.6 is 0 Å². The van der Waals surface area contributed by atoms with Gasteiger partial charge in [-0.05, 0) is 18.1 Å². The average molecular weight is 215 g/mol. The minimum atomic E-state index is -1.35. The van der Waals surface area contributed by atoms with E-state index < -0.39 is 23.2 Å². The fraction of sp³-hybridized carbons (Fsp3) is 0.300. The summed E-state index contributed by atoms with van der Waals surface area (Å²) in [5.74, 6) is -4.23. The molecule has 0 radical (unpaired) electrons. The number of methoxy groups -OCH3 is 1. The van der Waals surface area contributed by atoms with Gasteiger partial charge in [0.05, 0.1) is 13.2 Å². The van der Waals surface area contributed by atoms with Crippen molar-refractivity contribution in [2.24, 2.45) is 0 Å². The lowest BCUT2D eigenvalue weighted by molar-refractivity contribution is 0.344. The van der Waals surface area contributed by atoms with Gasteiger partial charge in [0.2, 0.25) is 5.82 Å². The van der Waals surface area contributed by atoms with Gasteiger partial charge in [0.25, 0.3) is 0 Å². The van der Waals surface area contributed by atoms with Crippen LogP contribution in [0.15, 0.2) is 6.07 Å². The molecule has 0 unspecified atom stereocenters. The van der Waals surface area contributed by atoms with Crippen molar-refractivity contribution in [1.29, 1.82) is 5.26 Å². The van der Waals surface area contributed by atoms with Crippen molar-refractivity contribution in [1.82, 2.24) is 0 Å². The maximum atomic E-state index is 13.4. The van der Waals surface area contributed by atoms with E-state index in [9.17, 15) is 13.2 Å². The lowest BCUT2D eigenvalue weighted by atomic mass is 10.1. The van der Waals surface area contributed by atoms with Crippen LogP contribution in [0.5, 0.6) is 5.75 Å². The van der Waals surface area contributed by atoms with Crippen molar-refractivity contribution < 1.29 is 17.9 Å². The molecule has 5 heteroatoms. The van der Waals surface area contributed by atoms with Gasteiger partial charge in [0.1, 0.15) is 0 Å². The van der Waals surface area contributed by atoms with Crippen molar-refractivity contribution in [2.75, 3.05) is 7.11 Å². The Balaban J connectivity index is 3.19. The monoisotopic (exact) mass is 215 g/mol. The molecule has 0 amide bonds. The van der Waals surface area contributed by atoms with Gasteiger partial charge in [-0.2, -0.15) is 9.65 Å². The van der Waals surface area contributed by atoms with Crippen molar-refractivity contribution >= 4 is 0 Å². The van der Waals surface area contributed by atoms with Crippen molar-refractivity contribution in [3.8, 4) is 11.8 Å². The van der Waals surface area contributed by atoms with Crippen LogP contribution in [0.25, 0.3) is 0 Å². The van der Waals surface area contributed by atoms with Crippen LogP contribution in [0.3, 0.4) is 0 Å². The topological polar surface area (TPSA) is 33.0 Å². The molecule has 80 valence electrons. The first kappa shape index (κ1) is 11.4. The van der Waals surface area contributed by atoms with Gasteiger partial charge in [-0.25, -0.2) is 8.78 Å². The van der Waals surface area contributed by atoms with E-state index in [0.29, 0.717) is 0 Å². The molecule has 1 rings (SSSR count). The summed E-state index contributed by atoms with van der Waals surface area (Å²) in [7, 11) is 1.05. The summed E-state index contributed by atoms with van der Waals surface area (Å²) in [6, 6.07) is 2.53. The number of ether oxygens (including phenoxy) is 1. The minimum absolute atomic E-state index is 0.0237. The van der Waals surface area contributed by atoms with E-state index in [1.807, 2.05) is 0 Å². The largest absolute Gasteiger partial charge is 0.491 e. The van der Waals surface area contributed by atoms with Crippen LogP contribution in [-0.4, -0.2) is 7.11 Å². The maximum Gasteiger partial charge on any atom is 0.203 e. The van der Waals surface area contributed by atoms with Crippen LogP contribution in [0, 0.1) is 28.8 Å². The average Bonchev–Trinajstić information content (AvgIpc) is 2.22. The second-order valence-corrected chi connectivity index (χ2v) is 2.84. The highest BCUT2D eigenvalue weighted by Gasteiger charge is 2.18. The molecular weight excluding hydrogens is 207 g/mol. The fourth-order valence-corrected chi connectivity index (χ4v) is 1.18. The minimum Gasteiger partial charge on any atom is -0.491 e. The van der Waals surface area contributed by atoms with Crippen LogP contribution in [0.1, 0.15) is 12.0 Å². The highest BCUT2D eigenvalue weighted by Crippen LogP contribution is 2.27. The van der Waals surface area contributed by atoms with E-state index in [2.05, 4.69) is 4.74 Å². The molecule has 0 N–H and O–H groups in total. The Labute approximate surface area is 84.9 Å². The number of nitrogens with zero attached hydrogens (tertiary/aromatic N) is 1. The standard InChI is InChI=1S/C10H8F3NO/c1-15-10-8(12)6(3-2-4-14)5-7(11)9(10)13/h5H,2-3H2,1H3. The number of aryl methyl sites for hydroxylation is 1. The number of hydrogen-bond donors (Lipinski definition) is 0. The third-order valence-electron chi connectivity index (χ3n) is 1.90. The molecule has 2 nitrogen and oxygen atoms in total. The lowest BCUT2D eigenvalue weighted by Gasteiger charge is -2.08. The highest BCUT2D eigenvalue weighted by molar-refractivity contribution is 5.34. The first-order valence-corrected chi connectivity index (χ1v) is 4.19. The number of benzene rings is 1. The predicted molar refractivity (Wildman–Crippen MR) is 46.8 cm³/mol. The predicted octanol–water partition coefficient (Wildman–Crippen LogP) is 2.57. The summed E-state index contributed by atoms with van der Waals surface area (Å²) in [6.07, 6.45) is 0.0566. The van der Waals surface area contributed by atoms with Gasteiger partial charge < -0.3 is 4.74 Å². The van der Waals surface area contributed by atoms with Gasteiger partial charge >= 0.3 is 0 Å². The third-order valence-corrected chi connectivity index (χ3v) is 1.90. The summed E-state index contributed by atoms with van der Waals surface area (Å²) < 4.78 is 43.7. The molecule has 15 heavy (non-hydrogen) atoms. The Kier molecular flexibility index (Phi) is 3.56. The molecule has 0 saturated carbocycles. The number of rotatable bonds is 3. The normalized spacial score (nSPS) is 9.80. The summed E-state index contributed by atoms with van der Waals surface area (Å²) in [4.78, 5) is 0. The van der Waals surface area contributed by atoms with E-state index in [0.717, 1.165) is 13.2 Å². The molecule has 0 spiro atoms. The molecular formula is C10H8F3NO. The molecule has 0 saturated heterocycles. The summed E-state index contributed by atoms with van der Waals surface area (Å²) in [6.45, 7) is 0. The van der Waals surface area contributed by atoms with Crippen LogP contribution < -0.4 is 4.74 Å². The van der Waals surface area contributed by atoms with Gasteiger partial charge in [-0.1, -0.05) is 0 Å². The molecule has 1 aromatic rings. The van der Waals surface area contributed by atoms with Crippen molar-refractivity contribution in [3.05, 3.63) is 29.1 Å². The smallest absolute Gasteiger partial charge is 0.203 e. The van der Waals surface area contributed by atoms with Gasteiger partial charge in [-0.15, -0.1) is 0 Å². The van der Waals surface area contributed by atoms with Gasteiger partial charge in [0, 0.05) is 6.42 Å². The molecule has 0 fully saturated rings. The van der Waals surface area contributed by atoms with E-state index in [4.69, 9.17) is 5.26 Å². The molecule has 0 aliphatic carbocycles. The molecule has 0 aliphatic heterocycles. The summed E-state index contributed by atoms with van der Waals surface area (Å²) in [5, 5.41) is 8.30. The zero-order chi connectivity index (χ0) is 11.4. The Morgan fingerprint density at radius 1 is 1.33 bits per heavy atom. The van der Waals surface area contributed by atoms with Crippen molar-refractivity contribution in [2.45, 2.75) is 12.8 Å². The van der Waals surface area contributed by atoms with E-state index in [1.54, 1.807) is 6.07 Å². The summed E-state index contributed by atoms with van der Waals surface area (Å²) >= 11 is 0. The Morgan fingerprint density at radius 3 is 2.53 bits per heavy atom. The molecule has 0 heterocycles. The lowest BCUT2D eigenvalue weighted by Crippen LogP contribution is -2.01. The van der Waals surface area contributed by atoms with E-state index >= 15 is 0 Å². The molecule has 1 aromatic carbocycles. The SMILES string of the molecule is COc1c(F)c(F)cc(CCC#N)c1F. The summed E-state index contributed by atoms with van der Waals surface area (Å²) in [5.41, 5.74) is -0.0627. The van der Waals surface area contributed by atoms with Crippen molar-refractivity contribution in [3.63, 3.8) is 0 Å². The second kappa shape index (κ2) is 4.69. The fourth-order valence-electron chi connectivity index (χ4n) is 1.18. The first-order chi connectivity index (χ1) is 7.11. The molecule has 0 atom stereocenters. The molecule has 0 aromatic heterocycles. The first-order valence-electron chi connectivity index (χ1n) is 4.19. The quantitative estimate of drug-likeness (QED) is 0.726. The van der Waals surface area contributed by atoms with Crippen LogP contribution in [0.2, 0.25) is 0 Å². The van der Waals surface area contributed by atoms with Crippen LogP contribution in [-0.2, 0) is 6.42 Å². The van der Waals surface area contributed by atoms with E-state index in [-0.39, 0.29) is 18.4 Å². The van der Waals surface area contributed by atoms with Gasteiger partial charge in [0.15, 0.2) is 17.4 Å². The van der Waals surface area contributed by atoms with E-state index in [1.165, 1.54) is 0 Å². The second-order valence-electron chi connectivity index (χ2n) is 2.84. The zero-order valence-electron chi connectivity index (χ0n) is 7.98. The number of halogens is 3. The third kappa shape index (κ3) is 2.21. The molecule has 0 bridgehead atoms. The Bertz CT molecular complexity index is 412.